The summed E-state index contributed by atoms with van der Waals surface area (Å²) in [5.74, 6) is 0. The summed E-state index contributed by atoms with van der Waals surface area (Å²) in [6.07, 6.45) is 15.6. The molecule has 0 saturated carbocycles. The maximum Gasteiger partial charge on any atom is 0.00875 e. The van der Waals surface area contributed by atoms with Crippen LogP contribution in [0, 0.1) is 0 Å². The van der Waals surface area contributed by atoms with E-state index >= 15 is 0 Å². The zero-order chi connectivity index (χ0) is 11.2. The molecule has 0 aromatic heterocycles. The van der Waals surface area contributed by atoms with E-state index in [2.05, 4.69) is 27.4 Å². The highest BCUT2D eigenvalue weighted by molar-refractivity contribution is 9.08. The van der Waals surface area contributed by atoms with Crippen molar-refractivity contribution in [3.63, 3.8) is 0 Å². The summed E-state index contributed by atoms with van der Waals surface area (Å²) in [7, 11) is 0. The Morgan fingerprint density at radius 3 is 1.47 bits per heavy atom. The SMILES string of the molecule is CCCCCCCCCCCCCNBr. The molecule has 0 aliphatic rings. The van der Waals surface area contributed by atoms with Gasteiger partial charge in [-0.15, -0.1) is 0 Å². The Bertz CT molecular complexity index is 94.7. The van der Waals surface area contributed by atoms with Gasteiger partial charge in [-0.05, 0) is 6.42 Å². The minimum absolute atomic E-state index is 1.11. The first-order valence-electron chi connectivity index (χ1n) is 6.75. The van der Waals surface area contributed by atoms with Gasteiger partial charge in [0, 0.05) is 22.7 Å². The van der Waals surface area contributed by atoms with Gasteiger partial charge in [-0.3, -0.25) is 4.34 Å². The zero-order valence-corrected chi connectivity index (χ0v) is 11.9. The van der Waals surface area contributed by atoms with Crippen LogP contribution in [-0.2, 0) is 0 Å². The third-order valence-electron chi connectivity index (χ3n) is 2.87. The average Bonchev–Trinajstić information content (AvgIpc) is 2.26. The maximum atomic E-state index is 3.22. The van der Waals surface area contributed by atoms with Crippen molar-refractivity contribution >= 4 is 16.1 Å². The van der Waals surface area contributed by atoms with Gasteiger partial charge >= 0.3 is 0 Å². The Kier molecular flexibility index (Phi) is 14.9. The summed E-state index contributed by atoms with van der Waals surface area (Å²) in [5.41, 5.74) is 0. The monoisotopic (exact) mass is 277 g/mol. The Labute approximate surface area is 105 Å². The van der Waals surface area contributed by atoms with Gasteiger partial charge in [-0.2, -0.15) is 0 Å². The second-order valence-corrected chi connectivity index (χ2v) is 4.98. The lowest BCUT2D eigenvalue weighted by Crippen LogP contribution is -1.98. The van der Waals surface area contributed by atoms with Crippen LogP contribution in [-0.4, -0.2) is 6.54 Å². The number of halogens is 1. The molecule has 0 aromatic carbocycles. The topological polar surface area (TPSA) is 12.0 Å². The second-order valence-electron chi connectivity index (χ2n) is 4.42. The van der Waals surface area contributed by atoms with Crippen molar-refractivity contribution in [2.24, 2.45) is 0 Å². The molecule has 0 aromatic rings. The van der Waals surface area contributed by atoms with E-state index in [1.165, 1.54) is 70.6 Å². The highest BCUT2D eigenvalue weighted by Crippen LogP contribution is 2.10. The molecule has 0 spiro atoms. The van der Waals surface area contributed by atoms with Crippen LogP contribution in [0.4, 0.5) is 0 Å². The van der Waals surface area contributed by atoms with Crippen molar-refractivity contribution < 1.29 is 0 Å². The molecule has 15 heavy (non-hydrogen) atoms. The van der Waals surface area contributed by atoms with Crippen LogP contribution in [0.5, 0.6) is 0 Å². The highest BCUT2D eigenvalue weighted by Gasteiger charge is 1.92. The molecule has 0 radical (unpaired) electrons. The predicted octanol–water partition coefficient (Wildman–Crippen LogP) is 5.20. The van der Waals surface area contributed by atoms with Crippen LogP contribution in [0.25, 0.3) is 0 Å². The normalized spacial score (nSPS) is 10.8. The van der Waals surface area contributed by atoms with E-state index in [-0.39, 0.29) is 0 Å². The molecule has 0 rings (SSSR count). The molecular formula is C13H28BrN. The van der Waals surface area contributed by atoms with Crippen LogP contribution in [0.2, 0.25) is 0 Å². The van der Waals surface area contributed by atoms with Gasteiger partial charge < -0.3 is 0 Å². The first-order chi connectivity index (χ1) is 7.41. The van der Waals surface area contributed by atoms with Gasteiger partial charge in [0.2, 0.25) is 0 Å². The molecule has 0 amide bonds. The van der Waals surface area contributed by atoms with E-state index in [1.54, 1.807) is 0 Å². The van der Waals surface area contributed by atoms with Crippen molar-refractivity contribution in [2.75, 3.05) is 6.54 Å². The summed E-state index contributed by atoms with van der Waals surface area (Å²) in [5, 5.41) is 0. The quantitative estimate of drug-likeness (QED) is 0.382. The zero-order valence-electron chi connectivity index (χ0n) is 10.4. The van der Waals surface area contributed by atoms with Crippen LogP contribution < -0.4 is 4.34 Å². The van der Waals surface area contributed by atoms with Crippen LogP contribution >= 0.6 is 16.1 Å². The minimum atomic E-state index is 1.11. The minimum Gasteiger partial charge on any atom is -0.256 e. The van der Waals surface area contributed by atoms with E-state index in [1.807, 2.05) is 0 Å². The molecule has 1 N–H and O–H groups in total. The van der Waals surface area contributed by atoms with E-state index in [4.69, 9.17) is 0 Å². The van der Waals surface area contributed by atoms with Gasteiger partial charge in [0.05, 0.1) is 0 Å². The van der Waals surface area contributed by atoms with Gasteiger partial charge in [-0.25, -0.2) is 0 Å². The lowest BCUT2D eigenvalue weighted by molar-refractivity contribution is 0.550. The molecule has 0 bridgehead atoms. The highest BCUT2D eigenvalue weighted by atomic mass is 79.9. The number of hydrogen-bond acceptors (Lipinski definition) is 1. The fourth-order valence-corrected chi connectivity index (χ4v) is 2.14. The van der Waals surface area contributed by atoms with Crippen molar-refractivity contribution in [3.05, 3.63) is 0 Å². The van der Waals surface area contributed by atoms with Crippen molar-refractivity contribution in [1.29, 1.82) is 0 Å². The van der Waals surface area contributed by atoms with Crippen LogP contribution in [0.1, 0.15) is 77.6 Å². The number of rotatable bonds is 12. The molecule has 92 valence electrons. The van der Waals surface area contributed by atoms with Crippen molar-refractivity contribution in [1.82, 2.24) is 4.34 Å². The lowest BCUT2D eigenvalue weighted by Gasteiger charge is -2.01. The standard InChI is InChI=1S/C13H28BrN/c1-2-3-4-5-6-7-8-9-10-11-12-13-15-14/h15H,2-13H2,1H3. The van der Waals surface area contributed by atoms with Crippen LogP contribution in [0.3, 0.4) is 0 Å². The summed E-state index contributed by atoms with van der Waals surface area (Å²) < 4.78 is 3.01. The number of nitrogens with one attached hydrogen (secondary N) is 1. The molecule has 0 unspecified atom stereocenters. The number of unbranched alkanes of at least 4 members (excludes halogenated alkanes) is 10. The Morgan fingerprint density at radius 1 is 0.667 bits per heavy atom. The first kappa shape index (κ1) is 15.4. The lowest BCUT2D eigenvalue weighted by atomic mass is 10.1. The average molecular weight is 278 g/mol. The van der Waals surface area contributed by atoms with E-state index in [0.29, 0.717) is 0 Å². The molecule has 0 aliphatic heterocycles. The molecule has 0 fully saturated rings. The van der Waals surface area contributed by atoms with Gasteiger partial charge in [-0.1, -0.05) is 71.1 Å². The van der Waals surface area contributed by atoms with Gasteiger partial charge in [0.15, 0.2) is 0 Å². The molecule has 0 saturated heterocycles. The molecular weight excluding hydrogens is 250 g/mol. The van der Waals surface area contributed by atoms with Crippen LogP contribution in [0.15, 0.2) is 0 Å². The Balaban J connectivity index is 2.81. The van der Waals surface area contributed by atoms with E-state index in [0.717, 1.165) is 6.54 Å². The third-order valence-corrected chi connectivity index (χ3v) is 3.27. The smallest absolute Gasteiger partial charge is 0.00875 e. The Hall–Kier alpha value is 0.440. The van der Waals surface area contributed by atoms with Gasteiger partial charge in [0.1, 0.15) is 0 Å². The fourth-order valence-electron chi connectivity index (χ4n) is 1.86. The summed E-state index contributed by atoms with van der Waals surface area (Å²) in [6, 6.07) is 0. The predicted molar refractivity (Wildman–Crippen MR) is 73.4 cm³/mol. The van der Waals surface area contributed by atoms with Gasteiger partial charge in [0.25, 0.3) is 0 Å². The molecule has 0 atom stereocenters. The summed E-state index contributed by atoms with van der Waals surface area (Å²) in [6.45, 7) is 3.39. The molecule has 0 aliphatic carbocycles. The Morgan fingerprint density at radius 2 is 1.07 bits per heavy atom. The van der Waals surface area contributed by atoms with E-state index < -0.39 is 0 Å². The largest absolute Gasteiger partial charge is 0.256 e. The number of hydrogen-bond donors (Lipinski definition) is 1. The first-order valence-corrected chi connectivity index (χ1v) is 7.54. The summed E-state index contributed by atoms with van der Waals surface area (Å²) >= 11 is 3.22. The fraction of sp³-hybridized carbons (Fsp3) is 1.00. The molecule has 0 heterocycles. The molecule has 2 heteroatoms. The second kappa shape index (κ2) is 14.4. The summed E-state index contributed by atoms with van der Waals surface area (Å²) in [4.78, 5) is 0. The molecule has 1 nitrogen and oxygen atoms in total. The maximum absolute atomic E-state index is 3.22. The van der Waals surface area contributed by atoms with Crippen molar-refractivity contribution in [3.8, 4) is 0 Å². The van der Waals surface area contributed by atoms with Crippen molar-refractivity contribution in [2.45, 2.75) is 77.6 Å². The third kappa shape index (κ3) is 14.4. The van der Waals surface area contributed by atoms with E-state index in [9.17, 15) is 0 Å².